The van der Waals surface area contributed by atoms with Gasteiger partial charge in [0.25, 0.3) is 5.56 Å². The molecule has 0 amide bonds. The molecule has 27 heavy (non-hydrogen) atoms. The fourth-order valence-corrected chi connectivity index (χ4v) is 3.16. The van der Waals surface area contributed by atoms with Gasteiger partial charge in [-0.3, -0.25) is 23.7 Å². The number of rotatable bonds is 8. The lowest BCUT2D eigenvalue weighted by atomic mass is 10.2. The maximum Gasteiger partial charge on any atom is 0.353 e. The normalized spacial score (nSPS) is 16.7. The highest BCUT2D eigenvalue weighted by Gasteiger charge is 2.25. The molecule has 4 N–H and O–H groups in total. The molecule has 0 saturated heterocycles. The van der Waals surface area contributed by atoms with Crippen LogP contribution >= 0.6 is 7.60 Å². The quantitative estimate of drug-likeness (QED) is 0.314. The number of nitrogen functional groups attached to an aromatic ring is 1. The molecule has 0 aromatic carbocycles. The highest BCUT2D eigenvalue weighted by Crippen LogP contribution is 2.42. The number of imidazole rings is 1. The van der Waals surface area contributed by atoms with Crippen LogP contribution in [0.1, 0.15) is 13.3 Å². The van der Waals surface area contributed by atoms with E-state index in [0.717, 1.165) is 0 Å². The zero-order chi connectivity index (χ0) is 19.6. The Kier molecular flexibility index (Phi) is 5.42. The minimum absolute atomic E-state index is 0.0411. The van der Waals surface area contributed by atoms with Crippen LogP contribution in [0, 0.1) is 0 Å². The summed E-state index contributed by atoms with van der Waals surface area (Å²) in [6.07, 6.45) is 0.996. The molecule has 3 rings (SSSR count). The van der Waals surface area contributed by atoms with Crippen molar-refractivity contribution in [3.05, 3.63) is 28.0 Å². The molecule has 146 valence electrons. The van der Waals surface area contributed by atoms with Crippen LogP contribution in [0.4, 0.5) is 5.95 Å². The van der Waals surface area contributed by atoms with Crippen LogP contribution in [0.5, 0.6) is 0 Å². The summed E-state index contributed by atoms with van der Waals surface area (Å²) >= 11 is 0. The Morgan fingerprint density at radius 1 is 1.48 bits per heavy atom. The highest BCUT2D eigenvalue weighted by molar-refractivity contribution is 7.52. The largest absolute Gasteiger partial charge is 0.428 e. The molecule has 12 nitrogen and oxygen atoms in total. The van der Waals surface area contributed by atoms with Gasteiger partial charge in [-0.15, -0.1) is 0 Å². The number of cyclic esters (lactones) is 1. The van der Waals surface area contributed by atoms with Crippen molar-refractivity contribution >= 4 is 30.7 Å². The smallest absolute Gasteiger partial charge is 0.353 e. The third-order valence-electron chi connectivity index (χ3n) is 3.74. The minimum Gasteiger partial charge on any atom is -0.428 e. The Bertz CT molecular complexity index is 1010. The number of aromatic nitrogens is 4. The lowest BCUT2D eigenvalue weighted by molar-refractivity contribution is -0.137. The lowest BCUT2D eigenvalue weighted by Gasteiger charge is -2.13. The van der Waals surface area contributed by atoms with Crippen LogP contribution in [0.25, 0.3) is 11.2 Å². The molecular formula is C14H18N5O7P. The Hall–Kier alpha value is -2.53. The molecular weight excluding hydrogens is 381 g/mol. The van der Waals surface area contributed by atoms with Crippen molar-refractivity contribution in [2.24, 2.45) is 0 Å². The van der Waals surface area contributed by atoms with Crippen molar-refractivity contribution in [3.8, 4) is 0 Å². The lowest BCUT2D eigenvalue weighted by Crippen LogP contribution is -2.13. The first-order valence-electron chi connectivity index (χ1n) is 7.89. The molecule has 3 heterocycles. The Labute approximate surface area is 152 Å². The Morgan fingerprint density at radius 3 is 2.96 bits per heavy atom. The van der Waals surface area contributed by atoms with E-state index in [4.69, 9.17) is 19.7 Å². The molecule has 1 aliphatic rings. The molecule has 0 spiro atoms. The van der Waals surface area contributed by atoms with Gasteiger partial charge in [0, 0.05) is 6.54 Å². The fraction of sp³-hybridized carbons (Fsp3) is 0.429. The predicted molar refractivity (Wildman–Crippen MR) is 92.6 cm³/mol. The van der Waals surface area contributed by atoms with E-state index in [-0.39, 0.29) is 49.1 Å². The first kappa shape index (κ1) is 19.2. The first-order chi connectivity index (χ1) is 12.7. The summed E-state index contributed by atoms with van der Waals surface area (Å²) in [5.41, 5.74) is 6.13. The molecule has 2 aromatic rings. The van der Waals surface area contributed by atoms with E-state index in [2.05, 4.69) is 15.0 Å². The number of ether oxygens (including phenoxy) is 2. The summed E-state index contributed by atoms with van der Waals surface area (Å²) in [7, 11) is -4.02. The molecule has 1 unspecified atom stereocenters. The summed E-state index contributed by atoms with van der Waals surface area (Å²) in [5, 5.41) is 0. The van der Waals surface area contributed by atoms with Gasteiger partial charge in [0.1, 0.15) is 18.7 Å². The van der Waals surface area contributed by atoms with E-state index in [1.807, 2.05) is 0 Å². The van der Waals surface area contributed by atoms with E-state index in [1.165, 1.54) is 10.9 Å². The van der Waals surface area contributed by atoms with Crippen molar-refractivity contribution in [1.29, 1.82) is 0 Å². The van der Waals surface area contributed by atoms with E-state index in [0.29, 0.717) is 5.57 Å². The van der Waals surface area contributed by atoms with Gasteiger partial charge in [-0.25, -0.2) is 4.98 Å². The third kappa shape index (κ3) is 4.61. The number of nitrogens with two attached hydrogens (primary N) is 1. The van der Waals surface area contributed by atoms with Gasteiger partial charge < -0.3 is 24.7 Å². The van der Waals surface area contributed by atoms with Crippen LogP contribution in [-0.4, -0.2) is 49.9 Å². The molecule has 0 aliphatic carbocycles. The van der Waals surface area contributed by atoms with Crippen molar-refractivity contribution < 1.29 is 28.3 Å². The van der Waals surface area contributed by atoms with Crippen LogP contribution in [0.2, 0.25) is 0 Å². The summed E-state index contributed by atoms with van der Waals surface area (Å²) < 4.78 is 28.5. The van der Waals surface area contributed by atoms with E-state index in [1.54, 1.807) is 6.92 Å². The molecule has 0 radical (unpaired) electrons. The second-order valence-corrected chi connectivity index (χ2v) is 7.66. The van der Waals surface area contributed by atoms with Gasteiger partial charge in [0.2, 0.25) is 5.95 Å². The number of carbonyl (C=O) groups excluding carboxylic acids is 1. The number of nitrogens with one attached hydrogen (secondary N) is 1. The molecule has 2 aromatic heterocycles. The summed E-state index contributed by atoms with van der Waals surface area (Å²) in [5.74, 6) is -0.218. The Morgan fingerprint density at radius 2 is 2.26 bits per heavy atom. The second kappa shape index (κ2) is 7.61. The number of carbonyl (C=O) groups is 1. The molecule has 0 fully saturated rings. The van der Waals surface area contributed by atoms with Gasteiger partial charge in [0.05, 0.1) is 19.4 Å². The number of fused-ring (bicyclic) bond motifs is 1. The number of H-pyrrole nitrogens is 1. The van der Waals surface area contributed by atoms with Crippen molar-refractivity contribution in [2.45, 2.75) is 19.9 Å². The molecule has 1 aliphatic heterocycles. The molecule has 13 heteroatoms. The maximum absolute atomic E-state index is 12.0. The molecule has 0 bridgehead atoms. The van der Waals surface area contributed by atoms with E-state index >= 15 is 0 Å². The van der Waals surface area contributed by atoms with Crippen LogP contribution < -0.4 is 11.3 Å². The number of nitrogens with zero attached hydrogens (tertiary/aromatic N) is 3. The van der Waals surface area contributed by atoms with Gasteiger partial charge in [-0.1, -0.05) is 0 Å². The van der Waals surface area contributed by atoms with Crippen molar-refractivity contribution in [2.75, 3.05) is 25.3 Å². The topological polar surface area (TPSA) is 172 Å². The Balaban J connectivity index is 1.50. The molecule has 0 saturated carbocycles. The zero-order valence-corrected chi connectivity index (χ0v) is 15.3. The number of anilines is 1. The zero-order valence-electron chi connectivity index (χ0n) is 14.4. The average molecular weight is 399 g/mol. The van der Waals surface area contributed by atoms with Crippen molar-refractivity contribution in [3.63, 3.8) is 0 Å². The monoisotopic (exact) mass is 399 g/mol. The third-order valence-corrected chi connectivity index (χ3v) is 4.79. The van der Waals surface area contributed by atoms with Gasteiger partial charge >= 0.3 is 13.6 Å². The SMILES string of the molecule is CC1=C(COP(=O)(O)COCCn2cnc3c(=O)[nH]c(N)nc32)OC(=O)C1. The summed E-state index contributed by atoms with van der Waals surface area (Å²) in [6.45, 7) is 1.68. The van der Waals surface area contributed by atoms with E-state index in [9.17, 15) is 19.0 Å². The standard InChI is InChI=1S/C14H18N5O7P/c1-8-4-10(20)26-9(8)5-25-27(22,23)7-24-3-2-19-6-16-11-12(19)17-14(15)18-13(11)21/h6H,2-5,7H2,1H3,(H,22,23)(H3,15,17,18,21). The van der Waals surface area contributed by atoms with Crippen LogP contribution in [0.3, 0.4) is 0 Å². The van der Waals surface area contributed by atoms with Crippen LogP contribution in [0.15, 0.2) is 22.5 Å². The van der Waals surface area contributed by atoms with Gasteiger partial charge in [-0.05, 0) is 12.5 Å². The van der Waals surface area contributed by atoms with Gasteiger partial charge in [-0.2, -0.15) is 4.98 Å². The maximum atomic E-state index is 12.0. The number of hydrogen-bond acceptors (Lipinski definition) is 9. The summed E-state index contributed by atoms with van der Waals surface area (Å²) in [4.78, 5) is 42.9. The van der Waals surface area contributed by atoms with Crippen molar-refractivity contribution in [1.82, 2.24) is 19.5 Å². The minimum atomic E-state index is -4.02. The van der Waals surface area contributed by atoms with Crippen LogP contribution in [-0.2, 0) is 29.9 Å². The number of hydrogen-bond donors (Lipinski definition) is 3. The predicted octanol–water partition coefficient (Wildman–Crippen LogP) is 0.0988. The number of aromatic amines is 1. The van der Waals surface area contributed by atoms with E-state index < -0.39 is 25.5 Å². The summed E-state index contributed by atoms with van der Waals surface area (Å²) in [6, 6.07) is 0. The second-order valence-electron chi connectivity index (χ2n) is 5.86. The number of esters is 1. The average Bonchev–Trinajstić information content (AvgIpc) is 3.12. The first-order valence-corrected chi connectivity index (χ1v) is 9.65. The highest BCUT2D eigenvalue weighted by atomic mass is 31.2. The molecule has 1 atom stereocenters. The fourth-order valence-electron chi connectivity index (χ4n) is 2.40. The van der Waals surface area contributed by atoms with Gasteiger partial charge in [0.15, 0.2) is 11.2 Å².